The van der Waals surface area contributed by atoms with Crippen LogP contribution in [0, 0.1) is 6.92 Å². The monoisotopic (exact) mass is 252 g/mol. The van der Waals surface area contributed by atoms with E-state index < -0.39 is 0 Å². The molecule has 1 heterocycles. The van der Waals surface area contributed by atoms with Gasteiger partial charge in [0.2, 0.25) is 0 Å². The van der Waals surface area contributed by atoms with Crippen molar-refractivity contribution in [2.24, 2.45) is 0 Å². The Kier molecular flexibility index (Phi) is 2.72. The van der Waals surface area contributed by atoms with Crippen LogP contribution in [0.2, 0.25) is 0 Å². The van der Waals surface area contributed by atoms with Gasteiger partial charge in [-0.3, -0.25) is 4.79 Å². The second-order valence-corrected chi connectivity index (χ2v) is 4.35. The molecule has 1 amide bonds. The summed E-state index contributed by atoms with van der Waals surface area (Å²) in [5.74, 6) is -0.159. The van der Waals surface area contributed by atoms with Gasteiger partial charge in [0.05, 0.1) is 0 Å². The fourth-order valence-electron chi connectivity index (χ4n) is 1.82. The van der Waals surface area contributed by atoms with Crippen LogP contribution in [0.5, 0.6) is 0 Å². The van der Waals surface area contributed by atoms with Gasteiger partial charge in [-0.1, -0.05) is 17.7 Å². The van der Waals surface area contributed by atoms with Crippen LogP contribution in [0.3, 0.4) is 0 Å². The van der Waals surface area contributed by atoms with Crippen molar-refractivity contribution in [1.29, 1.82) is 0 Å². The van der Waals surface area contributed by atoms with Crippen LogP contribution in [-0.4, -0.2) is 21.3 Å². The van der Waals surface area contributed by atoms with E-state index in [0.717, 1.165) is 16.8 Å². The van der Waals surface area contributed by atoms with E-state index in [2.05, 4.69) is 20.7 Å². The molecule has 94 valence electrons. The molecule has 1 aromatic heterocycles. The summed E-state index contributed by atoms with van der Waals surface area (Å²) in [5, 5.41) is 13.3. The number of aryl methyl sites for hydroxylation is 1. The number of aromatic nitrogens is 3. The molecule has 0 bridgehead atoms. The number of hydrogen-bond donors (Lipinski definition) is 2. The normalized spacial score (nSPS) is 10.6. The van der Waals surface area contributed by atoms with Gasteiger partial charge in [0, 0.05) is 11.3 Å². The van der Waals surface area contributed by atoms with Gasteiger partial charge in [0.25, 0.3) is 5.91 Å². The zero-order valence-corrected chi connectivity index (χ0v) is 10.3. The van der Waals surface area contributed by atoms with E-state index in [1.807, 2.05) is 31.2 Å². The first kappa shape index (κ1) is 11.4. The van der Waals surface area contributed by atoms with Crippen molar-refractivity contribution in [2.75, 3.05) is 5.32 Å². The number of fused-ring (bicyclic) bond motifs is 1. The summed E-state index contributed by atoms with van der Waals surface area (Å²) in [4.78, 5) is 12.1. The molecule has 0 spiro atoms. The Morgan fingerprint density at radius 1 is 1.05 bits per heavy atom. The van der Waals surface area contributed by atoms with Crippen LogP contribution >= 0.6 is 0 Å². The van der Waals surface area contributed by atoms with E-state index in [9.17, 15) is 4.79 Å². The number of rotatable bonds is 2. The lowest BCUT2D eigenvalue weighted by Crippen LogP contribution is -2.11. The maximum Gasteiger partial charge on any atom is 0.255 e. The van der Waals surface area contributed by atoms with E-state index in [4.69, 9.17) is 0 Å². The number of aromatic amines is 1. The predicted molar refractivity (Wildman–Crippen MR) is 73.0 cm³/mol. The highest BCUT2D eigenvalue weighted by Crippen LogP contribution is 2.14. The zero-order chi connectivity index (χ0) is 13.2. The molecule has 0 unspecified atom stereocenters. The minimum Gasteiger partial charge on any atom is -0.322 e. The number of nitrogens with zero attached hydrogens (tertiary/aromatic N) is 2. The number of carbonyl (C=O) groups is 1. The van der Waals surface area contributed by atoms with E-state index in [-0.39, 0.29) is 5.91 Å². The van der Waals surface area contributed by atoms with Crippen molar-refractivity contribution < 1.29 is 4.79 Å². The van der Waals surface area contributed by atoms with Gasteiger partial charge in [-0.15, -0.1) is 0 Å². The molecule has 19 heavy (non-hydrogen) atoms. The Balaban J connectivity index is 1.84. The number of benzene rings is 2. The van der Waals surface area contributed by atoms with Crippen LogP contribution in [0.4, 0.5) is 5.69 Å². The lowest BCUT2D eigenvalue weighted by atomic mass is 10.1. The quantitative estimate of drug-likeness (QED) is 0.736. The van der Waals surface area contributed by atoms with Crippen LogP contribution in [0.25, 0.3) is 11.0 Å². The van der Waals surface area contributed by atoms with Crippen molar-refractivity contribution in [2.45, 2.75) is 6.92 Å². The largest absolute Gasteiger partial charge is 0.322 e. The van der Waals surface area contributed by atoms with E-state index in [0.29, 0.717) is 11.1 Å². The first-order valence-corrected chi connectivity index (χ1v) is 5.91. The average Bonchev–Trinajstić information content (AvgIpc) is 2.88. The number of H-pyrrole nitrogens is 1. The highest BCUT2D eigenvalue weighted by molar-refractivity contribution is 6.05. The standard InChI is InChI=1S/C14H12N4O/c1-9-2-5-11(6-3-9)15-14(19)10-4-7-12-13(8-10)17-18-16-12/h2-8H,1H3,(H,15,19)(H,16,17,18). The van der Waals surface area contributed by atoms with Gasteiger partial charge in [-0.2, -0.15) is 15.4 Å². The molecule has 0 aliphatic rings. The summed E-state index contributed by atoms with van der Waals surface area (Å²) in [6.07, 6.45) is 0. The third kappa shape index (κ3) is 2.30. The Morgan fingerprint density at radius 3 is 2.58 bits per heavy atom. The lowest BCUT2D eigenvalue weighted by molar-refractivity contribution is 0.102. The average molecular weight is 252 g/mol. The first-order valence-electron chi connectivity index (χ1n) is 5.91. The van der Waals surface area contributed by atoms with Gasteiger partial charge < -0.3 is 5.32 Å². The molecule has 5 heteroatoms. The van der Waals surface area contributed by atoms with Crippen LogP contribution in [0.1, 0.15) is 15.9 Å². The van der Waals surface area contributed by atoms with Crippen LogP contribution in [-0.2, 0) is 0 Å². The fourth-order valence-corrected chi connectivity index (χ4v) is 1.82. The van der Waals surface area contributed by atoms with Gasteiger partial charge in [0.15, 0.2) is 0 Å². The molecule has 0 saturated carbocycles. The topological polar surface area (TPSA) is 70.7 Å². The molecular formula is C14H12N4O. The van der Waals surface area contributed by atoms with Crippen molar-refractivity contribution in [3.8, 4) is 0 Å². The van der Waals surface area contributed by atoms with E-state index in [1.165, 1.54) is 0 Å². The number of carbonyl (C=O) groups excluding carboxylic acids is 1. The van der Waals surface area contributed by atoms with Crippen LogP contribution in [0.15, 0.2) is 42.5 Å². The maximum atomic E-state index is 12.1. The number of nitrogens with one attached hydrogen (secondary N) is 2. The SMILES string of the molecule is Cc1ccc(NC(=O)c2ccc3n[nH]nc3c2)cc1. The van der Waals surface area contributed by atoms with Gasteiger partial charge in [0.1, 0.15) is 11.0 Å². The number of amides is 1. The molecule has 2 aromatic carbocycles. The minimum atomic E-state index is -0.159. The van der Waals surface area contributed by atoms with Gasteiger partial charge >= 0.3 is 0 Å². The smallest absolute Gasteiger partial charge is 0.255 e. The van der Waals surface area contributed by atoms with Crippen molar-refractivity contribution in [3.63, 3.8) is 0 Å². The van der Waals surface area contributed by atoms with Crippen molar-refractivity contribution in [1.82, 2.24) is 15.4 Å². The molecule has 2 N–H and O–H groups in total. The molecule has 0 atom stereocenters. The summed E-state index contributed by atoms with van der Waals surface area (Å²) in [7, 11) is 0. The van der Waals surface area contributed by atoms with E-state index >= 15 is 0 Å². The second kappa shape index (κ2) is 4.53. The second-order valence-electron chi connectivity index (χ2n) is 4.35. The third-order valence-corrected chi connectivity index (χ3v) is 2.89. The Hall–Kier alpha value is -2.69. The molecule has 3 rings (SSSR count). The highest BCUT2D eigenvalue weighted by atomic mass is 16.1. The Labute approximate surface area is 109 Å². The maximum absolute atomic E-state index is 12.1. The molecule has 3 aromatic rings. The summed E-state index contributed by atoms with van der Waals surface area (Å²) in [5.41, 5.74) is 3.91. The summed E-state index contributed by atoms with van der Waals surface area (Å²) >= 11 is 0. The highest BCUT2D eigenvalue weighted by Gasteiger charge is 2.08. The zero-order valence-electron chi connectivity index (χ0n) is 10.3. The summed E-state index contributed by atoms with van der Waals surface area (Å²) < 4.78 is 0. The Bertz CT molecular complexity index is 731. The first-order chi connectivity index (χ1) is 9.22. The minimum absolute atomic E-state index is 0.159. The Morgan fingerprint density at radius 2 is 1.79 bits per heavy atom. The third-order valence-electron chi connectivity index (χ3n) is 2.89. The van der Waals surface area contributed by atoms with E-state index in [1.54, 1.807) is 18.2 Å². The fraction of sp³-hybridized carbons (Fsp3) is 0.0714. The van der Waals surface area contributed by atoms with Crippen LogP contribution < -0.4 is 5.32 Å². The number of hydrogen-bond acceptors (Lipinski definition) is 3. The molecule has 5 nitrogen and oxygen atoms in total. The summed E-state index contributed by atoms with van der Waals surface area (Å²) in [6.45, 7) is 2.00. The predicted octanol–water partition coefficient (Wildman–Crippen LogP) is 2.52. The molecule has 0 saturated heterocycles. The molecule has 0 aliphatic heterocycles. The lowest BCUT2D eigenvalue weighted by Gasteiger charge is -2.05. The molecule has 0 aliphatic carbocycles. The van der Waals surface area contributed by atoms with Gasteiger partial charge in [-0.25, -0.2) is 0 Å². The summed E-state index contributed by atoms with van der Waals surface area (Å²) in [6, 6.07) is 12.9. The van der Waals surface area contributed by atoms with Gasteiger partial charge in [-0.05, 0) is 37.3 Å². The van der Waals surface area contributed by atoms with Crippen molar-refractivity contribution in [3.05, 3.63) is 53.6 Å². The molecular weight excluding hydrogens is 240 g/mol. The molecule has 0 fully saturated rings. The number of anilines is 1. The van der Waals surface area contributed by atoms with Crippen molar-refractivity contribution >= 4 is 22.6 Å². The molecule has 0 radical (unpaired) electrons.